The lowest BCUT2D eigenvalue weighted by Gasteiger charge is -2.38. The first-order chi connectivity index (χ1) is 15.5. The highest BCUT2D eigenvalue weighted by Crippen LogP contribution is 2.30. The van der Waals surface area contributed by atoms with Crippen LogP contribution in [-0.2, 0) is 9.59 Å². The number of hydrazone groups is 1. The topological polar surface area (TPSA) is 114 Å². The molecule has 1 fully saturated rings. The fraction of sp³-hybridized carbons (Fsp3) is 0.292. The van der Waals surface area contributed by atoms with Crippen LogP contribution in [0.15, 0.2) is 72.4 Å². The van der Waals surface area contributed by atoms with Crippen molar-refractivity contribution < 1.29 is 14.3 Å². The van der Waals surface area contributed by atoms with E-state index < -0.39 is 18.0 Å². The number of carbonyl (C=O) groups excluding carboxylic acids is 2. The van der Waals surface area contributed by atoms with Gasteiger partial charge in [-0.2, -0.15) is 5.10 Å². The first kappa shape index (κ1) is 21.6. The summed E-state index contributed by atoms with van der Waals surface area (Å²) >= 11 is 0. The Morgan fingerprint density at radius 2 is 1.78 bits per heavy atom. The van der Waals surface area contributed by atoms with Gasteiger partial charge in [-0.15, -0.1) is 0 Å². The second-order valence-electron chi connectivity index (χ2n) is 7.96. The van der Waals surface area contributed by atoms with Crippen LogP contribution < -0.4 is 16.2 Å². The average Bonchev–Trinajstić information content (AvgIpc) is 3.17. The largest absolute Gasteiger partial charge is 0.457 e. The van der Waals surface area contributed by atoms with E-state index in [1.165, 1.54) is 6.08 Å². The summed E-state index contributed by atoms with van der Waals surface area (Å²) in [5, 5.41) is 6.46. The summed E-state index contributed by atoms with van der Waals surface area (Å²) in [5.74, 6) is 0.00507. The summed E-state index contributed by atoms with van der Waals surface area (Å²) in [4.78, 5) is 26.1. The molecule has 0 spiro atoms. The van der Waals surface area contributed by atoms with Crippen molar-refractivity contribution in [2.75, 3.05) is 13.1 Å². The van der Waals surface area contributed by atoms with Crippen LogP contribution in [0.5, 0.6) is 11.5 Å². The maximum Gasteiger partial charge on any atom is 0.246 e. The van der Waals surface area contributed by atoms with Crippen LogP contribution in [0.2, 0.25) is 0 Å². The molecule has 3 unspecified atom stereocenters. The van der Waals surface area contributed by atoms with Gasteiger partial charge in [0.05, 0.1) is 11.8 Å². The Labute approximate surface area is 187 Å². The second kappa shape index (κ2) is 9.23. The summed E-state index contributed by atoms with van der Waals surface area (Å²) in [5.41, 5.74) is 13.4. The van der Waals surface area contributed by atoms with Gasteiger partial charge in [0, 0.05) is 13.1 Å². The Morgan fingerprint density at radius 3 is 2.44 bits per heavy atom. The maximum atomic E-state index is 12.3. The van der Waals surface area contributed by atoms with Crippen LogP contribution in [-0.4, -0.2) is 52.7 Å². The van der Waals surface area contributed by atoms with Crippen LogP contribution in [0.1, 0.15) is 18.4 Å². The number of ether oxygens (including phenoxy) is 1. The molecule has 4 N–H and O–H groups in total. The molecule has 0 bridgehead atoms. The van der Waals surface area contributed by atoms with Gasteiger partial charge >= 0.3 is 0 Å². The summed E-state index contributed by atoms with van der Waals surface area (Å²) in [7, 11) is 0. The minimum atomic E-state index is -0.749. The Balaban J connectivity index is 1.56. The Kier molecular flexibility index (Phi) is 6.23. The molecule has 3 atom stereocenters. The fourth-order valence-electron chi connectivity index (χ4n) is 4.25. The Hall–Kier alpha value is -3.65. The second-order valence-corrected chi connectivity index (χ2v) is 7.96. The minimum absolute atomic E-state index is 0.0947. The molecular weight excluding hydrogens is 406 g/mol. The van der Waals surface area contributed by atoms with E-state index in [0.29, 0.717) is 24.6 Å². The zero-order chi connectivity index (χ0) is 22.7. The number of primary amides is 1. The molecular formula is C24H27N5O3. The lowest BCUT2D eigenvalue weighted by molar-refractivity contribution is -0.129. The molecule has 166 valence electrons. The van der Waals surface area contributed by atoms with Crippen molar-refractivity contribution in [1.82, 2.24) is 9.91 Å². The average molecular weight is 434 g/mol. The summed E-state index contributed by atoms with van der Waals surface area (Å²) in [6, 6.07) is 16.7. The predicted molar refractivity (Wildman–Crippen MR) is 122 cm³/mol. The van der Waals surface area contributed by atoms with Gasteiger partial charge < -0.3 is 21.1 Å². The van der Waals surface area contributed by atoms with E-state index in [0.717, 1.165) is 24.2 Å². The molecule has 32 heavy (non-hydrogen) atoms. The predicted octanol–water partition coefficient (Wildman–Crippen LogP) is 2.06. The van der Waals surface area contributed by atoms with Gasteiger partial charge in [0.15, 0.2) is 0 Å². The van der Waals surface area contributed by atoms with E-state index in [2.05, 4.69) is 6.58 Å². The highest BCUT2D eigenvalue weighted by atomic mass is 16.5. The number of hydrogen-bond donors (Lipinski definition) is 2. The molecule has 2 aromatic carbocycles. The van der Waals surface area contributed by atoms with Crippen LogP contribution in [0.25, 0.3) is 0 Å². The quantitative estimate of drug-likeness (QED) is 0.677. The summed E-state index contributed by atoms with van der Waals surface area (Å²) in [6.45, 7) is 4.71. The van der Waals surface area contributed by atoms with E-state index in [9.17, 15) is 9.59 Å². The van der Waals surface area contributed by atoms with Crippen molar-refractivity contribution in [3.63, 3.8) is 0 Å². The normalized spacial score (nSPS) is 22.9. The number of para-hydroxylation sites is 1. The SMILES string of the molecule is C=CC(=O)N1CCCC(N2N=C(c3ccc(Oc4ccccc4)cc3)C(C(N)=O)C2N)C1. The molecule has 2 amide bonds. The maximum absolute atomic E-state index is 12.3. The van der Waals surface area contributed by atoms with E-state index in [4.69, 9.17) is 21.3 Å². The van der Waals surface area contributed by atoms with E-state index >= 15 is 0 Å². The number of nitrogens with zero attached hydrogens (tertiary/aromatic N) is 3. The van der Waals surface area contributed by atoms with Gasteiger partial charge in [-0.3, -0.25) is 14.6 Å². The van der Waals surface area contributed by atoms with Gasteiger partial charge in [-0.05, 0) is 60.9 Å². The molecule has 2 aliphatic rings. The van der Waals surface area contributed by atoms with Crippen LogP contribution >= 0.6 is 0 Å². The lowest BCUT2D eigenvalue weighted by Crippen LogP contribution is -2.54. The monoisotopic (exact) mass is 433 g/mol. The van der Waals surface area contributed by atoms with Gasteiger partial charge in [0.25, 0.3) is 0 Å². The molecule has 2 aromatic rings. The number of hydrogen-bond acceptors (Lipinski definition) is 6. The third kappa shape index (κ3) is 4.36. The van der Waals surface area contributed by atoms with Crippen LogP contribution in [0, 0.1) is 5.92 Å². The Morgan fingerprint density at radius 1 is 1.09 bits per heavy atom. The highest BCUT2D eigenvalue weighted by molar-refractivity contribution is 6.14. The molecule has 8 heteroatoms. The number of nitrogens with two attached hydrogens (primary N) is 2. The van der Waals surface area contributed by atoms with Crippen molar-refractivity contribution in [3.8, 4) is 11.5 Å². The van der Waals surface area contributed by atoms with Gasteiger partial charge in [-0.25, -0.2) is 0 Å². The number of piperidine rings is 1. The van der Waals surface area contributed by atoms with E-state index in [1.807, 2.05) is 54.6 Å². The molecule has 8 nitrogen and oxygen atoms in total. The van der Waals surface area contributed by atoms with Crippen molar-refractivity contribution in [1.29, 1.82) is 0 Å². The summed E-state index contributed by atoms with van der Waals surface area (Å²) < 4.78 is 5.84. The molecule has 2 heterocycles. The van der Waals surface area contributed by atoms with Gasteiger partial charge in [0.1, 0.15) is 23.6 Å². The zero-order valence-corrected chi connectivity index (χ0v) is 17.8. The van der Waals surface area contributed by atoms with E-state index in [-0.39, 0.29) is 11.9 Å². The third-order valence-corrected chi connectivity index (χ3v) is 5.86. The van der Waals surface area contributed by atoms with E-state index in [1.54, 1.807) is 9.91 Å². The number of rotatable bonds is 6. The smallest absolute Gasteiger partial charge is 0.246 e. The molecule has 2 aliphatic heterocycles. The molecule has 4 rings (SSSR count). The standard InChI is InChI=1S/C24H27N5O3/c1-2-20(30)28-14-6-7-17(15-28)29-23(25)21(24(26)31)22(27-29)16-10-12-19(13-11-16)32-18-8-4-3-5-9-18/h2-5,8-13,17,21,23H,1,6-7,14-15,25H2,(H2,26,31). The lowest BCUT2D eigenvalue weighted by atomic mass is 9.94. The summed E-state index contributed by atoms with van der Waals surface area (Å²) in [6.07, 6.45) is 2.27. The zero-order valence-electron chi connectivity index (χ0n) is 17.8. The van der Waals surface area contributed by atoms with Crippen molar-refractivity contribution in [2.45, 2.75) is 25.0 Å². The minimum Gasteiger partial charge on any atom is -0.457 e. The highest BCUT2D eigenvalue weighted by Gasteiger charge is 2.43. The molecule has 1 saturated heterocycles. The number of likely N-dealkylation sites (tertiary alicyclic amines) is 1. The molecule has 0 saturated carbocycles. The third-order valence-electron chi connectivity index (χ3n) is 5.86. The van der Waals surface area contributed by atoms with Crippen molar-refractivity contribution in [3.05, 3.63) is 72.8 Å². The number of carbonyl (C=O) groups is 2. The number of amides is 2. The van der Waals surface area contributed by atoms with Crippen LogP contribution in [0.3, 0.4) is 0 Å². The molecule has 0 aliphatic carbocycles. The van der Waals surface area contributed by atoms with Gasteiger partial charge in [0.2, 0.25) is 11.8 Å². The first-order valence-corrected chi connectivity index (χ1v) is 10.6. The Bertz CT molecular complexity index is 1020. The van der Waals surface area contributed by atoms with Crippen molar-refractivity contribution in [2.24, 2.45) is 22.5 Å². The van der Waals surface area contributed by atoms with Gasteiger partial charge in [-0.1, -0.05) is 24.8 Å². The number of benzene rings is 2. The fourth-order valence-corrected chi connectivity index (χ4v) is 4.25. The first-order valence-electron chi connectivity index (χ1n) is 10.6. The molecule has 0 aromatic heterocycles. The van der Waals surface area contributed by atoms with Crippen LogP contribution in [0.4, 0.5) is 0 Å². The molecule has 0 radical (unpaired) electrons. The van der Waals surface area contributed by atoms with Crippen molar-refractivity contribution >= 4 is 17.5 Å².